The molecule has 0 aliphatic carbocycles. The largest absolute Gasteiger partial charge is 0.340 e. The summed E-state index contributed by atoms with van der Waals surface area (Å²) >= 11 is 1.74. The van der Waals surface area contributed by atoms with Gasteiger partial charge in [-0.25, -0.2) is 4.98 Å². The molecular formula is C16H30Cl2N4OS. The molecule has 0 radical (unpaired) electrons. The fourth-order valence-corrected chi connectivity index (χ4v) is 3.39. The summed E-state index contributed by atoms with van der Waals surface area (Å²) in [6.07, 6.45) is 0. The third-order valence-corrected chi connectivity index (χ3v) is 5.35. The van der Waals surface area contributed by atoms with Crippen molar-refractivity contribution in [2.45, 2.75) is 39.7 Å². The lowest BCUT2D eigenvalue weighted by Crippen LogP contribution is -2.50. The van der Waals surface area contributed by atoms with E-state index in [2.05, 4.69) is 31.1 Å². The highest BCUT2D eigenvalue weighted by Gasteiger charge is 2.25. The quantitative estimate of drug-likeness (QED) is 0.848. The van der Waals surface area contributed by atoms with Gasteiger partial charge in [-0.2, -0.15) is 0 Å². The molecule has 0 aromatic carbocycles. The summed E-state index contributed by atoms with van der Waals surface area (Å²) < 4.78 is 0. The van der Waals surface area contributed by atoms with Gasteiger partial charge in [0.15, 0.2) is 0 Å². The molecule has 2 N–H and O–H groups in total. The van der Waals surface area contributed by atoms with Crippen LogP contribution in [-0.2, 0) is 16.8 Å². The molecule has 5 nitrogen and oxygen atoms in total. The number of hydrogen-bond donors (Lipinski definition) is 1. The predicted molar refractivity (Wildman–Crippen MR) is 105 cm³/mol. The van der Waals surface area contributed by atoms with Crippen LogP contribution in [0.3, 0.4) is 0 Å². The van der Waals surface area contributed by atoms with Gasteiger partial charge in [0, 0.05) is 56.0 Å². The maximum Gasteiger partial charge on any atom is 0.226 e. The third kappa shape index (κ3) is 6.15. The summed E-state index contributed by atoms with van der Waals surface area (Å²) in [6.45, 7) is 13.2. The number of halogens is 2. The van der Waals surface area contributed by atoms with Crippen molar-refractivity contribution in [1.29, 1.82) is 0 Å². The fourth-order valence-electron chi connectivity index (χ4n) is 2.49. The molecule has 1 aliphatic heterocycles. The summed E-state index contributed by atoms with van der Waals surface area (Å²) in [5.41, 5.74) is 6.84. The monoisotopic (exact) mass is 396 g/mol. The zero-order valence-electron chi connectivity index (χ0n) is 14.9. The molecular weight excluding hydrogens is 367 g/mol. The van der Waals surface area contributed by atoms with E-state index in [9.17, 15) is 4.79 Å². The molecule has 1 fully saturated rings. The number of carbonyl (C=O) groups is 1. The molecule has 1 unspecified atom stereocenters. The molecule has 2 rings (SSSR count). The molecule has 24 heavy (non-hydrogen) atoms. The SMILES string of the molecule is CC(CN)C(=O)N1CCN(Cc2csc(C(C)(C)C)n2)CC1.Cl.Cl. The lowest BCUT2D eigenvalue weighted by molar-refractivity contribution is -0.136. The molecule has 1 aromatic heterocycles. The van der Waals surface area contributed by atoms with Crippen LogP contribution in [0, 0.1) is 5.92 Å². The maximum atomic E-state index is 12.1. The Morgan fingerprint density at radius 2 is 1.88 bits per heavy atom. The van der Waals surface area contributed by atoms with Crippen molar-refractivity contribution in [1.82, 2.24) is 14.8 Å². The zero-order chi connectivity index (χ0) is 16.3. The molecule has 0 spiro atoms. The molecule has 2 heterocycles. The van der Waals surface area contributed by atoms with Crippen LogP contribution in [0.4, 0.5) is 0 Å². The van der Waals surface area contributed by atoms with E-state index >= 15 is 0 Å². The zero-order valence-corrected chi connectivity index (χ0v) is 17.4. The average Bonchev–Trinajstić information content (AvgIpc) is 2.95. The number of carbonyl (C=O) groups excluding carboxylic acids is 1. The Kier molecular flexibility index (Phi) is 9.76. The minimum atomic E-state index is -0.0700. The van der Waals surface area contributed by atoms with E-state index in [1.807, 2.05) is 11.8 Å². The van der Waals surface area contributed by atoms with Crippen molar-refractivity contribution in [2.24, 2.45) is 11.7 Å². The van der Waals surface area contributed by atoms with Crippen LogP contribution in [0.5, 0.6) is 0 Å². The number of rotatable bonds is 4. The summed E-state index contributed by atoms with van der Waals surface area (Å²) in [7, 11) is 0. The van der Waals surface area contributed by atoms with Gasteiger partial charge in [0.1, 0.15) is 0 Å². The molecule has 1 aromatic rings. The Morgan fingerprint density at radius 3 is 2.33 bits per heavy atom. The van der Waals surface area contributed by atoms with Crippen LogP contribution < -0.4 is 5.73 Å². The van der Waals surface area contributed by atoms with Crippen LogP contribution in [0.1, 0.15) is 38.4 Å². The van der Waals surface area contributed by atoms with Crippen molar-refractivity contribution in [3.05, 3.63) is 16.1 Å². The minimum Gasteiger partial charge on any atom is -0.340 e. The average molecular weight is 397 g/mol. The summed E-state index contributed by atoms with van der Waals surface area (Å²) in [6, 6.07) is 0. The topological polar surface area (TPSA) is 62.5 Å². The first-order valence-electron chi connectivity index (χ1n) is 7.97. The van der Waals surface area contributed by atoms with Crippen molar-refractivity contribution < 1.29 is 4.79 Å². The number of amides is 1. The van der Waals surface area contributed by atoms with E-state index in [0.29, 0.717) is 6.54 Å². The molecule has 1 aliphatic rings. The summed E-state index contributed by atoms with van der Waals surface area (Å²) in [4.78, 5) is 21.2. The lowest BCUT2D eigenvalue weighted by Gasteiger charge is -2.35. The van der Waals surface area contributed by atoms with Crippen LogP contribution in [0.15, 0.2) is 5.38 Å². The number of nitrogens with zero attached hydrogens (tertiary/aromatic N) is 3. The smallest absolute Gasteiger partial charge is 0.226 e. The van der Waals surface area contributed by atoms with Crippen LogP contribution in [0.25, 0.3) is 0 Å². The van der Waals surface area contributed by atoms with Gasteiger partial charge in [-0.3, -0.25) is 9.69 Å². The van der Waals surface area contributed by atoms with E-state index in [4.69, 9.17) is 10.7 Å². The number of nitrogens with two attached hydrogens (primary N) is 1. The van der Waals surface area contributed by atoms with Crippen LogP contribution >= 0.6 is 36.2 Å². The number of piperazine rings is 1. The lowest BCUT2D eigenvalue weighted by atomic mass is 9.98. The number of aromatic nitrogens is 1. The van der Waals surface area contributed by atoms with Gasteiger partial charge in [0.25, 0.3) is 0 Å². The van der Waals surface area contributed by atoms with Crippen LogP contribution in [0.2, 0.25) is 0 Å². The molecule has 1 amide bonds. The van der Waals surface area contributed by atoms with Gasteiger partial charge >= 0.3 is 0 Å². The van der Waals surface area contributed by atoms with Gasteiger partial charge in [0.2, 0.25) is 5.91 Å². The Hall–Kier alpha value is -0.400. The predicted octanol–water partition coefficient (Wildman–Crippen LogP) is 2.52. The van der Waals surface area contributed by atoms with E-state index in [-0.39, 0.29) is 42.1 Å². The van der Waals surface area contributed by atoms with E-state index in [1.165, 1.54) is 5.01 Å². The second-order valence-corrected chi connectivity index (χ2v) is 7.99. The van der Waals surface area contributed by atoms with E-state index in [0.717, 1.165) is 38.4 Å². The number of hydrogen-bond acceptors (Lipinski definition) is 5. The first-order valence-corrected chi connectivity index (χ1v) is 8.85. The molecule has 1 atom stereocenters. The molecule has 140 valence electrons. The van der Waals surface area contributed by atoms with Crippen molar-refractivity contribution in [2.75, 3.05) is 32.7 Å². The maximum absolute atomic E-state index is 12.1. The second-order valence-electron chi connectivity index (χ2n) is 7.13. The van der Waals surface area contributed by atoms with Gasteiger partial charge < -0.3 is 10.6 Å². The highest BCUT2D eigenvalue weighted by atomic mass is 35.5. The molecule has 0 bridgehead atoms. The highest BCUT2D eigenvalue weighted by Crippen LogP contribution is 2.26. The van der Waals surface area contributed by atoms with Crippen molar-refractivity contribution in [3.8, 4) is 0 Å². The highest BCUT2D eigenvalue weighted by molar-refractivity contribution is 7.09. The van der Waals surface area contributed by atoms with Gasteiger partial charge in [-0.15, -0.1) is 36.2 Å². The fraction of sp³-hybridized carbons (Fsp3) is 0.750. The minimum absolute atomic E-state index is 0. The van der Waals surface area contributed by atoms with Gasteiger partial charge in [-0.1, -0.05) is 27.7 Å². The molecule has 8 heteroatoms. The van der Waals surface area contributed by atoms with E-state index in [1.54, 1.807) is 11.3 Å². The second kappa shape index (κ2) is 9.92. The first-order chi connectivity index (χ1) is 10.3. The Balaban J connectivity index is 0.00000264. The Labute approximate surface area is 161 Å². The van der Waals surface area contributed by atoms with Crippen molar-refractivity contribution in [3.63, 3.8) is 0 Å². The van der Waals surface area contributed by atoms with Crippen LogP contribution in [-0.4, -0.2) is 53.4 Å². The summed E-state index contributed by atoms with van der Waals surface area (Å²) in [5, 5.41) is 3.35. The van der Waals surface area contributed by atoms with E-state index < -0.39 is 0 Å². The third-order valence-electron chi connectivity index (χ3n) is 4.04. The van der Waals surface area contributed by atoms with Crippen molar-refractivity contribution >= 4 is 42.1 Å². The standard InChI is InChI=1S/C16H28N4OS.2ClH/c1-12(9-17)14(21)20-7-5-19(6-8-20)10-13-11-22-15(18-13)16(2,3)4;;/h11-12H,5-10,17H2,1-4H3;2*1H. The number of thiazole rings is 1. The normalized spacial score (nSPS) is 17.0. The molecule has 0 saturated carbocycles. The molecule has 1 saturated heterocycles. The van der Waals surface area contributed by atoms with Gasteiger partial charge in [0.05, 0.1) is 10.7 Å². The Morgan fingerprint density at radius 1 is 1.29 bits per heavy atom. The first kappa shape index (κ1) is 23.6. The van der Waals surface area contributed by atoms with Gasteiger partial charge in [-0.05, 0) is 0 Å². The Bertz CT molecular complexity index is 510. The summed E-state index contributed by atoms with van der Waals surface area (Å²) in [5.74, 6) is 0.116.